The van der Waals surface area contributed by atoms with Crippen LogP contribution in [0.15, 0.2) is 48.5 Å². The summed E-state index contributed by atoms with van der Waals surface area (Å²) in [6.07, 6.45) is 0. The minimum Gasteiger partial charge on any atom is -0.378 e. The van der Waals surface area contributed by atoms with Crippen molar-refractivity contribution in [2.24, 2.45) is 5.73 Å². The largest absolute Gasteiger partial charge is 0.378 e. The van der Waals surface area contributed by atoms with Crippen molar-refractivity contribution in [1.82, 2.24) is 14.9 Å². The predicted octanol–water partition coefficient (Wildman–Crippen LogP) is 3.09. The smallest absolute Gasteiger partial charge is 0.254 e. The van der Waals surface area contributed by atoms with Gasteiger partial charge < -0.3 is 20.4 Å². The fourth-order valence-electron chi connectivity index (χ4n) is 3.90. The molecule has 0 radical (unpaired) electrons. The van der Waals surface area contributed by atoms with E-state index in [2.05, 4.69) is 4.98 Å². The second-order valence-electron chi connectivity index (χ2n) is 7.44. The van der Waals surface area contributed by atoms with E-state index in [4.69, 9.17) is 15.5 Å². The Bertz CT molecular complexity index is 1320. The lowest BCUT2D eigenvalue weighted by atomic mass is 10.1. The number of nitrogens with two attached hydrogens (primary N) is 1. The highest BCUT2D eigenvalue weighted by molar-refractivity contribution is 6.14. The number of rotatable bonds is 3. The maximum atomic E-state index is 13.3. The summed E-state index contributed by atoms with van der Waals surface area (Å²) in [5, 5.41) is 0.764. The van der Waals surface area contributed by atoms with Crippen molar-refractivity contribution in [3.05, 3.63) is 65.5 Å². The van der Waals surface area contributed by atoms with E-state index in [1.165, 1.54) is 12.1 Å². The van der Waals surface area contributed by atoms with E-state index >= 15 is 0 Å². The topological polar surface area (TPSA) is 101 Å². The first kappa shape index (κ1) is 19.2. The van der Waals surface area contributed by atoms with Crippen LogP contribution in [0, 0.1) is 5.82 Å². The second kappa shape index (κ2) is 7.48. The first-order chi connectivity index (χ1) is 15.0. The van der Waals surface area contributed by atoms with Crippen LogP contribution in [0.25, 0.3) is 33.2 Å². The molecule has 5 rings (SSSR count). The van der Waals surface area contributed by atoms with Gasteiger partial charge in [-0.3, -0.25) is 9.59 Å². The van der Waals surface area contributed by atoms with E-state index in [9.17, 15) is 14.0 Å². The molecule has 3 N–H and O–H groups in total. The van der Waals surface area contributed by atoms with Gasteiger partial charge in [0.15, 0.2) is 0 Å². The fraction of sp³-hybridized carbons (Fsp3) is 0.174. The summed E-state index contributed by atoms with van der Waals surface area (Å²) < 4.78 is 18.6. The third-order valence-electron chi connectivity index (χ3n) is 5.50. The average molecular weight is 418 g/mol. The number of hydrogen-bond donors (Lipinski definition) is 2. The number of amides is 2. The molecule has 2 aromatic carbocycles. The zero-order valence-electron chi connectivity index (χ0n) is 16.5. The molecule has 0 unspecified atom stereocenters. The van der Waals surface area contributed by atoms with Crippen LogP contribution >= 0.6 is 0 Å². The maximum Gasteiger partial charge on any atom is 0.254 e. The van der Waals surface area contributed by atoms with Crippen molar-refractivity contribution in [2.75, 3.05) is 26.3 Å². The number of ether oxygens (including phenoxy) is 1. The number of aromatic nitrogens is 2. The summed E-state index contributed by atoms with van der Waals surface area (Å²) in [6, 6.07) is 12.8. The highest BCUT2D eigenvalue weighted by atomic mass is 19.1. The maximum absolute atomic E-state index is 13.3. The Kier molecular flexibility index (Phi) is 4.63. The van der Waals surface area contributed by atoms with Crippen LogP contribution in [0.3, 0.4) is 0 Å². The normalized spacial score (nSPS) is 14.3. The summed E-state index contributed by atoms with van der Waals surface area (Å²) in [5.74, 6) is -1.03. The van der Waals surface area contributed by atoms with Crippen molar-refractivity contribution in [2.45, 2.75) is 0 Å². The number of pyridine rings is 1. The lowest BCUT2D eigenvalue weighted by Crippen LogP contribution is -2.40. The van der Waals surface area contributed by atoms with Crippen molar-refractivity contribution in [1.29, 1.82) is 0 Å². The van der Waals surface area contributed by atoms with E-state index < -0.39 is 5.91 Å². The molecule has 8 heteroatoms. The number of benzene rings is 2. The minimum atomic E-state index is -0.605. The van der Waals surface area contributed by atoms with Gasteiger partial charge >= 0.3 is 0 Å². The summed E-state index contributed by atoms with van der Waals surface area (Å²) in [7, 11) is 0. The number of carbonyl (C=O) groups excluding carboxylic acids is 2. The summed E-state index contributed by atoms with van der Waals surface area (Å²) in [6.45, 7) is 2.16. The Hall–Kier alpha value is -3.78. The number of hydrogen-bond acceptors (Lipinski definition) is 4. The lowest BCUT2D eigenvalue weighted by molar-refractivity contribution is 0.0303. The molecule has 1 fully saturated rings. The molecule has 1 aliphatic rings. The molecule has 0 saturated carbocycles. The highest BCUT2D eigenvalue weighted by Gasteiger charge is 2.21. The molecule has 0 spiro atoms. The average Bonchev–Trinajstić information content (AvgIpc) is 3.16. The van der Waals surface area contributed by atoms with Crippen molar-refractivity contribution >= 4 is 33.8 Å². The molecule has 2 amide bonds. The Morgan fingerprint density at radius 3 is 2.52 bits per heavy atom. The highest BCUT2D eigenvalue weighted by Crippen LogP contribution is 2.31. The number of H-pyrrole nitrogens is 1. The van der Waals surface area contributed by atoms with Crippen LogP contribution in [0.4, 0.5) is 4.39 Å². The molecular weight excluding hydrogens is 399 g/mol. The van der Waals surface area contributed by atoms with Gasteiger partial charge in [0.25, 0.3) is 11.8 Å². The molecule has 1 aliphatic heterocycles. The molecule has 1 saturated heterocycles. The third kappa shape index (κ3) is 3.40. The van der Waals surface area contributed by atoms with Crippen LogP contribution in [0.1, 0.15) is 20.7 Å². The number of morpholine rings is 1. The van der Waals surface area contributed by atoms with E-state index in [1.54, 1.807) is 35.2 Å². The van der Waals surface area contributed by atoms with Gasteiger partial charge in [-0.15, -0.1) is 0 Å². The molecule has 3 heterocycles. The molecule has 0 bridgehead atoms. The second-order valence-corrected chi connectivity index (χ2v) is 7.44. The zero-order valence-corrected chi connectivity index (χ0v) is 16.5. The van der Waals surface area contributed by atoms with Crippen LogP contribution < -0.4 is 5.73 Å². The van der Waals surface area contributed by atoms with Gasteiger partial charge in [0.2, 0.25) is 0 Å². The fourth-order valence-corrected chi connectivity index (χ4v) is 3.90. The molecular formula is C23H19FN4O3. The van der Waals surface area contributed by atoms with E-state index in [-0.39, 0.29) is 17.3 Å². The van der Waals surface area contributed by atoms with Crippen LogP contribution in [-0.4, -0.2) is 53.0 Å². The molecule has 156 valence electrons. The van der Waals surface area contributed by atoms with Gasteiger partial charge in [-0.2, -0.15) is 0 Å². The first-order valence-corrected chi connectivity index (χ1v) is 9.90. The molecule has 0 atom stereocenters. The molecule has 31 heavy (non-hydrogen) atoms. The number of halogens is 1. The van der Waals surface area contributed by atoms with Gasteiger partial charge in [0.05, 0.1) is 35.5 Å². The Balaban J connectivity index is 1.64. The lowest BCUT2D eigenvalue weighted by Gasteiger charge is -2.26. The summed E-state index contributed by atoms with van der Waals surface area (Å²) in [5.41, 5.74) is 9.38. The van der Waals surface area contributed by atoms with Crippen LogP contribution in [-0.2, 0) is 4.74 Å². The van der Waals surface area contributed by atoms with E-state index in [0.717, 1.165) is 5.39 Å². The van der Waals surface area contributed by atoms with Crippen molar-refractivity contribution < 1.29 is 18.7 Å². The summed E-state index contributed by atoms with van der Waals surface area (Å²) >= 11 is 0. The predicted molar refractivity (Wildman–Crippen MR) is 114 cm³/mol. The van der Waals surface area contributed by atoms with Crippen molar-refractivity contribution in [3.8, 4) is 11.3 Å². The molecule has 4 aromatic rings. The van der Waals surface area contributed by atoms with Gasteiger partial charge in [-0.05, 0) is 48.5 Å². The molecule has 7 nitrogen and oxygen atoms in total. The standard InChI is InChI=1S/C23H19FN4O3/c24-15-4-1-13(2-5-15)18-12-17(22(25)29)21-20(26-18)16-6-3-14(11-19(16)27-21)23(30)28-7-9-31-10-8-28/h1-6,11-12,27H,7-10H2,(H2,25,29). The number of fused-ring (bicyclic) bond motifs is 3. The van der Waals surface area contributed by atoms with Gasteiger partial charge in [-0.1, -0.05) is 0 Å². The van der Waals surface area contributed by atoms with E-state index in [1.807, 2.05) is 6.07 Å². The summed E-state index contributed by atoms with van der Waals surface area (Å²) in [4.78, 5) is 34.6. The first-order valence-electron chi connectivity index (χ1n) is 9.90. The zero-order chi connectivity index (χ0) is 21.5. The van der Waals surface area contributed by atoms with Crippen molar-refractivity contribution in [3.63, 3.8) is 0 Å². The number of nitrogens with one attached hydrogen (secondary N) is 1. The van der Waals surface area contributed by atoms with E-state index in [0.29, 0.717) is 59.7 Å². The van der Waals surface area contributed by atoms with Gasteiger partial charge in [0, 0.05) is 35.1 Å². The number of nitrogens with zero attached hydrogens (tertiary/aromatic N) is 2. The van der Waals surface area contributed by atoms with Gasteiger partial charge in [0.1, 0.15) is 5.82 Å². The Labute approximate surface area is 176 Å². The SMILES string of the molecule is NC(=O)c1cc(-c2ccc(F)cc2)nc2c1[nH]c1cc(C(=O)N3CCOCC3)ccc12. The number of carbonyl (C=O) groups is 2. The Morgan fingerprint density at radius 2 is 1.81 bits per heavy atom. The quantitative estimate of drug-likeness (QED) is 0.534. The molecule has 2 aromatic heterocycles. The monoisotopic (exact) mass is 418 g/mol. The number of aromatic amines is 1. The Morgan fingerprint density at radius 1 is 1.06 bits per heavy atom. The van der Waals surface area contributed by atoms with Crippen LogP contribution in [0.5, 0.6) is 0 Å². The van der Waals surface area contributed by atoms with Crippen LogP contribution in [0.2, 0.25) is 0 Å². The third-order valence-corrected chi connectivity index (χ3v) is 5.50. The van der Waals surface area contributed by atoms with Gasteiger partial charge in [-0.25, -0.2) is 9.37 Å². The molecule has 0 aliphatic carbocycles. The number of primary amides is 1. The minimum absolute atomic E-state index is 0.0704.